The number of hydrogen-bond acceptors (Lipinski definition) is 3. The monoisotopic (exact) mass is 306 g/mol. The Hall–Kier alpha value is -1.88. The maximum Gasteiger partial charge on any atom is 0.254 e. The fourth-order valence-corrected chi connectivity index (χ4v) is 2.33. The third-order valence-electron chi connectivity index (χ3n) is 3.58. The van der Waals surface area contributed by atoms with Crippen LogP contribution in [-0.2, 0) is 14.3 Å². The van der Waals surface area contributed by atoms with E-state index in [1.54, 1.807) is 0 Å². The first-order chi connectivity index (χ1) is 10.6. The van der Waals surface area contributed by atoms with Crippen molar-refractivity contribution < 1.29 is 14.3 Å². The fraction of sp³-hybridized carbons (Fsp3) is 0.529. The molecule has 0 saturated heterocycles. The topological polar surface area (TPSA) is 81.4 Å². The minimum Gasteiger partial charge on any atom is -0.368 e. The molecule has 0 spiro atoms. The number of carbonyl (C=O) groups excluding carboxylic acids is 2. The highest BCUT2D eigenvalue weighted by atomic mass is 16.5. The van der Waals surface area contributed by atoms with Crippen LogP contribution in [0.3, 0.4) is 0 Å². The van der Waals surface area contributed by atoms with Crippen molar-refractivity contribution >= 4 is 11.8 Å². The van der Waals surface area contributed by atoms with Gasteiger partial charge in [-0.15, -0.1) is 0 Å². The molecule has 22 heavy (non-hydrogen) atoms. The van der Waals surface area contributed by atoms with Gasteiger partial charge in [0.15, 0.2) is 6.10 Å². The molecule has 1 aromatic rings. The number of amides is 2. The van der Waals surface area contributed by atoms with Crippen LogP contribution in [0.2, 0.25) is 0 Å². The molecule has 0 aliphatic heterocycles. The number of ether oxygens (including phenoxy) is 1. The summed E-state index contributed by atoms with van der Waals surface area (Å²) in [6.07, 6.45) is 3.95. The normalized spacial score (nSPS) is 13.4. The van der Waals surface area contributed by atoms with Crippen LogP contribution in [0.25, 0.3) is 0 Å². The van der Waals surface area contributed by atoms with E-state index in [0.717, 1.165) is 31.2 Å². The largest absolute Gasteiger partial charge is 0.368 e. The Bertz CT molecular complexity index is 462. The second-order valence-electron chi connectivity index (χ2n) is 5.34. The van der Waals surface area contributed by atoms with Gasteiger partial charge in [0.1, 0.15) is 6.04 Å². The summed E-state index contributed by atoms with van der Waals surface area (Å²) in [5.74, 6) is -0.847. The molecule has 0 aliphatic rings. The van der Waals surface area contributed by atoms with Crippen molar-refractivity contribution in [1.29, 1.82) is 0 Å². The van der Waals surface area contributed by atoms with E-state index in [4.69, 9.17) is 10.5 Å². The van der Waals surface area contributed by atoms with E-state index in [0.29, 0.717) is 6.42 Å². The molecule has 0 radical (unpaired) electrons. The number of nitrogens with one attached hydrogen (secondary N) is 1. The van der Waals surface area contributed by atoms with Gasteiger partial charge in [-0.05, 0) is 12.0 Å². The van der Waals surface area contributed by atoms with Gasteiger partial charge in [0.05, 0.1) is 0 Å². The van der Waals surface area contributed by atoms with Gasteiger partial charge in [0.25, 0.3) is 5.91 Å². The predicted octanol–water partition coefficient (Wildman–Crippen LogP) is 2.31. The summed E-state index contributed by atoms with van der Waals surface area (Å²) in [4.78, 5) is 23.8. The predicted molar refractivity (Wildman–Crippen MR) is 86.1 cm³/mol. The molecule has 3 N–H and O–H groups in total. The summed E-state index contributed by atoms with van der Waals surface area (Å²) in [7, 11) is 1.47. The zero-order chi connectivity index (χ0) is 16.4. The van der Waals surface area contributed by atoms with Crippen molar-refractivity contribution in [2.75, 3.05) is 7.11 Å². The molecule has 2 atom stereocenters. The molecule has 0 saturated carbocycles. The molecule has 0 fully saturated rings. The summed E-state index contributed by atoms with van der Waals surface area (Å²) in [6.45, 7) is 2.12. The van der Waals surface area contributed by atoms with Crippen molar-refractivity contribution in [3.63, 3.8) is 0 Å². The molecular weight excluding hydrogens is 280 g/mol. The van der Waals surface area contributed by atoms with Crippen LogP contribution in [0.15, 0.2) is 30.3 Å². The van der Waals surface area contributed by atoms with Gasteiger partial charge in [0.2, 0.25) is 5.91 Å². The number of unbranched alkanes of at least 4 members (excludes halogenated alkanes) is 3. The number of primary amides is 1. The van der Waals surface area contributed by atoms with Gasteiger partial charge in [-0.2, -0.15) is 0 Å². The Labute approximate surface area is 132 Å². The Kier molecular flexibility index (Phi) is 8.22. The second-order valence-corrected chi connectivity index (χ2v) is 5.34. The Morgan fingerprint density at radius 2 is 1.86 bits per heavy atom. The lowest BCUT2D eigenvalue weighted by atomic mass is 10.0. The number of rotatable bonds is 10. The molecule has 0 aliphatic carbocycles. The van der Waals surface area contributed by atoms with Crippen LogP contribution in [-0.4, -0.2) is 25.0 Å². The summed E-state index contributed by atoms with van der Waals surface area (Å²) in [5.41, 5.74) is 6.13. The molecule has 5 heteroatoms. The van der Waals surface area contributed by atoms with E-state index in [-0.39, 0.29) is 5.91 Å². The van der Waals surface area contributed by atoms with Gasteiger partial charge < -0.3 is 15.8 Å². The highest BCUT2D eigenvalue weighted by Crippen LogP contribution is 2.17. The quantitative estimate of drug-likeness (QED) is 0.651. The summed E-state index contributed by atoms with van der Waals surface area (Å²) >= 11 is 0. The van der Waals surface area contributed by atoms with Crippen LogP contribution in [0.4, 0.5) is 0 Å². The molecular formula is C17H26N2O3. The Balaban J connectivity index is 2.63. The maximum atomic E-state index is 12.3. The Morgan fingerprint density at radius 3 is 2.41 bits per heavy atom. The maximum absolute atomic E-state index is 12.3. The molecule has 1 aromatic carbocycles. The first-order valence-electron chi connectivity index (χ1n) is 7.77. The fourth-order valence-electron chi connectivity index (χ4n) is 2.33. The lowest BCUT2D eigenvalue weighted by molar-refractivity contribution is -0.135. The molecule has 122 valence electrons. The van der Waals surface area contributed by atoms with E-state index in [1.165, 1.54) is 7.11 Å². The SMILES string of the molecule is CCCCCC[C@H](NC(=O)[C@H](OC)c1ccccc1)C(N)=O. The van der Waals surface area contributed by atoms with E-state index in [1.807, 2.05) is 30.3 Å². The van der Waals surface area contributed by atoms with Crippen molar-refractivity contribution in [2.45, 2.75) is 51.2 Å². The molecule has 0 heterocycles. The van der Waals surface area contributed by atoms with E-state index in [2.05, 4.69) is 12.2 Å². The van der Waals surface area contributed by atoms with E-state index < -0.39 is 18.1 Å². The zero-order valence-electron chi connectivity index (χ0n) is 13.4. The number of nitrogens with two attached hydrogens (primary N) is 1. The summed E-state index contributed by atoms with van der Waals surface area (Å²) in [5, 5.41) is 2.70. The molecule has 2 amide bonds. The van der Waals surface area contributed by atoms with Crippen molar-refractivity contribution in [1.82, 2.24) is 5.32 Å². The van der Waals surface area contributed by atoms with Crippen LogP contribution in [0.5, 0.6) is 0 Å². The third-order valence-corrected chi connectivity index (χ3v) is 3.58. The number of carbonyl (C=O) groups is 2. The molecule has 0 aromatic heterocycles. The molecule has 0 unspecified atom stereocenters. The lowest BCUT2D eigenvalue weighted by Crippen LogP contribution is -2.46. The third kappa shape index (κ3) is 5.85. The smallest absolute Gasteiger partial charge is 0.254 e. The summed E-state index contributed by atoms with van der Waals surface area (Å²) in [6, 6.07) is 8.53. The van der Waals surface area contributed by atoms with Crippen molar-refractivity contribution in [2.24, 2.45) is 5.73 Å². The second kappa shape index (κ2) is 9.95. The number of methoxy groups -OCH3 is 1. The average molecular weight is 306 g/mol. The lowest BCUT2D eigenvalue weighted by Gasteiger charge is -2.20. The van der Waals surface area contributed by atoms with Gasteiger partial charge in [-0.3, -0.25) is 9.59 Å². The zero-order valence-corrected chi connectivity index (χ0v) is 13.4. The van der Waals surface area contributed by atoms with Gasteiger partial charge >= 0.3 is 0 Å². The first-order valence-corrected chi connectivity index (χ1v) is 7.77. The van der Waals surface area contributed by atoms with Crippen LogP contribution < -0.4 is 11.1 Å². The summed E-state index contributed by atoms with van der Waals surface area (Å²) < 4.78 is 5.26. The molecule has 0 bridgehead atoms. The minimum absolute atomic E-state index is 0.340. The van der Waals surface area contributed by atoms with Crippen LogP contribution >= 0.6 is 0 Å². The van der Waals surface area contributed by atoms with E-state index in [9.17, 15) is 9.59 Å². The van der Waals surface area contributed by atoms with Crippen molar-refractivity contribution in [3.05, 3.63) is 35.9 Å². The van der Waals surface area contributed by atoms with E-state index >= 15 is 0 Å². The highest BCUT2D eigenvalue weighted by molar-refractivity contribution is 5.89. The van der Waals surface area contributed by atoms with Gasteiger partial charge in [-0.25, -0.2) is 0 Å². The number of benzene rings is 1. The number of hydrogen-bond donors (Lipinski definition) is 2. The van der Waals surface area contributed by atoms with Crippen molar-refractivity contribution in [3.8, 4) is 0 Å². The Morgan fingerprint density at radius 1 is 1.18 bits per heavy atom. The standard InChI is InChI=1S/C17H26N2O3/c1-3-4-5-9-12-14(16(18)20)19-17(21)15(22-2)13-10-7-6-8-11-13/h6-8,10-11,14-15H,3-5,9,12H2,1-2H3,(H2,18,20)(H,19,21)/t14-,15+/m0/s1. The minimum atomic E-state index is -0.737. The van der Waals surface area contributed by atoms with Crippen LogP contribution in [0.1, 0.15) is 50.7 Å². The average Bonchev–Trinajstić information content (AvgIpc) is 2.52. The molecule has 5 nitrogen and oxygen atoms in total. The highest BCUT2D eigenvalue weighted by Gasteiger charge is 2.24. The van der Waals surface area contributed by atoms with Gasteiger partial charge in [-0.1, -0.05) is 62.9 Å². The first kappa shape index (κ1) is 18.2. The van der Waals surface area contributed by atoms with Crippen LogP contribution in [0, 0.1) is 0 Å². The molecule has 1 rings (SSSR count). The van der Waals surface area contributed by atoms with Gasteiger partial charge in [0, 0.05) is 7.11 Å².